The molecule has 9 rings (SSSR count). The van der Waals surface area contributed by atoms with Gasteiger partial charge in [0.25, 0.3) is 0 Å². The standard InChI is InChI=1S/C46H31N3/c1-5-15-32(16-6-1)35-25-27-36(28-26-35)43-45-44(41-23-13-14-24-42(41)49(45)40-21-11-4-12-22-40)48-46(47-43)39-30-37(33-17-7-2-8-18-33)29-38(31-39)34-19-9-3-10-20-34/h1-31H. The Hall–Kier alpha value is -6.58. The lowest BCUT2D eigenvalue weighted by Crippen LogP contribution is -2.00. The summed E-state index contributed by atoms with van der Waals surface area (Å²) < 4.78 is 2.31. The van der Waals surface area contributed by atoms with E-state index in [-0.39, 0.29) is 0 Å². The van der Waals surface area contributed by atoms with Gasteiger partial charge in [-0.2, -0.15) is 0 Å². The summed E-state index contributed by atoms with van der Waals surface area (Å²) in [5.74, 6) is 0.695. The molecule has 0 spiro atoms. The van der Waals surface area contributed by atoms with Gasteiger partial charge in [-0.1, -0.05) is 152 Å². The minimum absolute atomic E-state index is 0.695. The van der Waals surface area contributed by atoms with E-state index in [1.165, 1.54) is 11.1 Å². The van der Waals surface area contributed by atoms with Gasteiger partial charge in [0.05, 0.1) is 16.7 Å². The van der Waals surface area contributed by atoms with Crippen LogP contribution >= 0.6 is 0 Å². The summed E-state index contributed by atoms with van der Waals surface area (Å²) >= 11 is 0. The highest BCUT2D eigenvalue weighted by Crippen LogP contribution is 2.39. The molecule has 0 N–H and O–H groups in total. The van der Waals surface area contributed by atoms with E-state index in [0.29, 0.717) is 5.82 Å². The fourth-order valence-corrected chi connectivity index (χ4v) is 6.82. The maximum Gasteiger partial charge on any atom is 0.160 e. The fourth-order valence-electron chi connectivity index (χ4n) is 6.82. The Kier molecular flexibility index (Phi) is 7.14. The van der Waals surface area contributed by atoms with Gasteiger partial charge in [-0.15, -0.1) is 0 Å². The van der Waals surface area contributed by atoms with E-state index in [4.69, 9.17) is 9.97 Å². The molecule has 0 atom stereocenters. The number of aromatic nitrogens is 3. The van der Waals surface area contributed by atoms with Crippen molar-refractivity contribution in [3.8, 4) is 61.7 Å². The van der Waals surface area contributed by atoms with Gasteiger partial charge in [-0.05, 0) is 69.8 Å². The highest BCUT2D eigenvalue weighted by Gasteiger charge is 2.21. The van der Waals surface area contributed by atoms with Gasteiger partial charge in [0, 0.05) is 22.2 Å². The van der Waals surface area contributed by atoms with Crippen LogP contribution in [0, 0.1) is 0 Å². The van der Waals surface area contributed by atoms with Crippen LogP contribution in [0.3, 0.4) is 0 Å². The maximum absolute atomic E-state index is 5.46. The summed E-state index contributed by atoms with van der Waals surface area (Å²) in [5.41, 5.74) is 13.9. The SMILES string of the molecule is c1ccc(-c2ccc(-c3nc(-c4cc(-c5ccccc5)cc(-c5ccccc5)c4)nc4c5ccccc5n(-c5ccccc5)c34)cc2)cc1. The molecule has 0 saturated heterocycles. The second-order valence-corrected chi connectivity index (χ2v) is 12.3. The van der Waals surface area contributed by atoms with Crippen molar-refractivity contribution in [2.24, 2.45) is 0 Å². The van der Waals surface area contributed by atoms with Crippen LogP contribution in [0.2, 0.25) is 0 Å². The first-order valence-electron chi connectivity index (χ1n) is 16.6. The number of hydrogen-bond donors (Lipinski definition) is 0. The maximum atomic E-state index is 5.46. The molecule has 0 radical (unpaired) electrons. The molecule has 3 heteroatoms. The molecule has 0 bridgehead atoms. The van der Waals surface area contributed by atoms with Crippen LogP contribution < -0.4 is 0 Å². The molecule has 230 valence electrons. The minimum Gasteiger partial charge on any atom is -0.306 e. The second kappa shape index (κ2) is 12.2. The number of fused-ring (bicyclic) bond motifs is 3. The Morgan fingerprint density at radius 1 is 0.347 bits per heavy atom. The van der Waals surface area contributed by atoms with Crippen LogP contribution in [-0.2, 0) is 0 Å². The topological polar surface area (TPSA) is 30.7 Å². The number of benzene rings is 7. The Bertz CT molecular complexity index is 2500. The second-order valence-electron chi connectivity index (χ2n) is 12.3. The lowest BCUT2D eigenvalue weighted by Gasteiger charge is -2.14. The van der Waals surface area contributed by atoms with Gasteiger partial charge >= 0.3 is 0 Å². The predicted octanol–water partition coefficient (Wildman–Crippen LogP) is 11.9. The monoisotopic (exact) mass is 625 g/mol. The molecule has 3 nitrogen and oxygen atoms in total. The molecule has 0 saturated carbocycles. The fraction of sp³-hybridized carbons (Fsp3) is 0. The average Bonchev–Trinajstić information content (AvgIpc) is 3.53. The van der Waals surface area contributed by atoms with Crippen LogP contribution in [0.5, 0.6) is 0 Å². The van der Waals surface area contributed by atoms with Crippen molar-refractivity contribution in [1.29, 1.82) is 0 Å². The Labute approximate surface area is 285 Å². The summed E-state index contributed by atoms with van der Waals surface area (Å²) in [6.07, 6.45) is 0. The van der Waals surface area contributed by atoms with Crippen molar-refractivity contribution >= 4 is 21.9 Å². The highest BCUT2D eigenvalue weighted by atomic mass is 15.0. The molecule has 0 fully saturated rings. The summed E-state index contributed by atoms with van der Waals surface area (Å²) in [5, 5.41) is 1.09. The van der Waals surface area contributed by atoms with Gasteiger partial charge in [0.2, 0.25) is 0 Å². The summed E-state index contributed by atoms with van der Waals surface area (Å²) in [6.45, 7) is 0. The van der Waals surface area contributed by atoms with Crippen LogP contribution in [0.1, 0.15) is 0 Å². The summed E-state index contributed by atoms with van der Waals surface area (Å²) in [7, 11) is 0. The molecule has 0 unspecified atom stereocenters. The van der Waals surface area contributed by atoms with E-state index in [1.807, 2.05) is 0 Å². The van der Waals surface area contributed by atoms with Crippen molar-refractivity contribution in [3.05, 3.63) is 188 Å². The number of para-hydroxylation sites is 2. The average molecular weight is 626 g/mol. The van der Waals surface area contributed by atoms with Crippen molar-refractivity contribution in [2.75, 3.05) is 0 Å². The normalized spacial score (nSPS) is 11.3. The third-order valence-electron chi connectivity index (χ3n) is 9.19. The lowest BCUT2D eigenvalue weighted by atomic mass is 9.95. The van der Waals surface area contributed by atoms with E-state index in [2.05, 4.69) is 193 Å². The van der Waals surface area contributed by atoms with Crippen molar-refractivity contribution in [2.45, 2.75) is 0 Å². The molecule has 7 aromatic carbocycles. The van der Waals surface area contributed by atoms with Crippen LogP contribution in [0.4, 0.5) is 0 Å². The van der Waals surface area contributed by atoms with E-state index < -0.39 is 0 Å². The summed E-state index contributed by atoms with van der Waals surface area (Å²) in [6, 6.07) is 66.1. The van der Waals surface area contributed by atoms with Crippen LogP contribution in [-0.4, -0.2) is 14.5 Å². The first-order chi connectivity index (χ1) is 24.3. The Morgan fingerprint density at radius 2 is 0.796 bits per heavy atom. The Morgan fingerprint density at radius 3 is 1.39 bits per heavy atom. The molecule has 2 heterocycles. The van der Waals surface area contributed by atoms with Gasteiger partial charge in [0.1, 0.15) is 5.52 Å². The van der Waals surface area contributed by atoms with E-state index >= 15 is 0 Å². The van der Waals surface area contributed by atoms with Gasteiger partial charge in [-0.3, -0.25) is 0 Å². The van der Waals surface area contributed by atoms with Crippen molar-refractivity contribution < 1.29 is 0 Å². The third-order valence-corrected chi connectivity index (χ3v) is 9.19. The van der Waals surface area contributed by atoms with E-state index in [1.54, 1.807) is 0 Å². The van der Waals surface area contributed by atoms with Gasteiger partial charge in [0.15, 0.2) is 5.82 Å². The zero-order chi connectivity index (χ0) is 32.6. The molecule has 0 aliphatic carbocycles. The molecular weight excluding hydrogens is 595 g/mol. The Balaban J connectivity index is 1.34. The lowest BCUT2D eigenvalue weighted by molar-refractivity contribution is 1.15. The minimum atomic E-state index is 0.695. The number of hydrogen-bond acceptors (Lipinski definition) is 2. The molecule has 2 aromatic heterocycles. The quantitative estimate of drug-likeness (QED) is 0.184. The smallest absolute Gasteiger partial charge is 0.160 e. The van der Waals surface area contributed by atoms with Gasteiger partial charge in [-0.25, -0.2) is 9.97 Å². The van der Waals surface area contributed by atoms with Crippen LogP contribution in [0.15, 0.2) is 188 Å². The third kappa shape index (κ3) is 5.28. The number of nitrogens with zero attached hydrogens (tertiary/aromatic N) is 3. The number of rotatable bonds is 6. The zero-order valence-electron chi connectivity index (χ0n) is 26.7. The van der Waals surface area contributed by atoms with E-state index in [9.17, 15) is 0 Å². The van der Waals surface area contributed by atoms with Gasteiger partial charge < -0.3 is 4.57 Å². The highest BCUT2D eigenvalue weighted by molar-refractivity contribution is 6.11. The first kappa shape index (κ1) is 28.6. The molecule has 49 heavy (non-hydrogen) atoms. The van der Waals surface area contributed by atoms with E-state index in [0.717, 1.165) is 66.7 Å². The zero-order valence-corrected chi connectivity index (χ0v) is 26.7. The molecule has 9 aromatic rings. The van der Waals surface area contributed by atoms with Crippen molar-refractivity contribution in [1.82, 2.24) is 14.5 Å². The molecular formula is C46H31N3. The first-order valence-corrected chi connectivity index (χ1v) is 16.6. The van der Waals surface area contributed by atoms with Crippen LogP contribution in [0.25, 0.3) is 83.6 Å². The molecule has 0 amide bonds. The molecule has 0 aliphatic rings. The molecule has 0 aliphatic heterocycles. The van der Waals surface area contributed by atoms with Crippen molar-refractivity contribution in [3.63, 3.8) is 0 Å². The predicted molar refractivity (Wildman–Crippen MR) is 204 cm³/mol. The largest absolute Gasteiger partial charge is 0.306 e. The summed E-state index contributed by atoms with van der Waals surface area (Å²) in [4.78, 5) is 10.9.